The van der Waals surface area contributed by atoms with Gasteiger partial charge in [-0.15, -0.1) is 10.2 Å². The van der Waals surface area contributed by atoms with E-state index in [1.54, 1.807) is 19.4 Å². The number of pyridine rings is 1. The average molecular weight is 355 g/mol. The summed E-state index contributed by atoms with van der Waals surface area (Å²) >= 11 is 1.32. The Morgan fingerprint density at radius 2 is 2.12 bits per heavy atom. The number of methoxy groups -OCH3 is 1. The monoisotopic (exact) mass is 355 g/mol. The topological polar surface area (TPSA) is 81.9 Å². The zero-order chi connectivity index (χ0) is 17.6. The Balaban J connectivity index is 1.62. The molecular weight excluding hydrogens is 338 g/mol. The van der Waals surface area contributed by atoms with Crippen LogP contribution in [0.1, 0.15) is 0 Å². The van der Waals surface area contributed by atoms with E-state index >= 15 is 0 Å². The molecule has 0 saturated heterocycles. The second kappa shape index (κ2) is 7.80. The van der Waals surface area contributed by atoms with Crippen LogP contribution < -0.4 is 10.1 Å². The fourth-order valence-electron chi connectivity index (χ4n) is 2.19. The highest BCUT2D eigenvalue weighted by Crippen LogP contribution is 2.22. The van der Waals surface area contributed by atoms with Gasteiger partial charge in [0.15, 0.2) is 11.0 Å². The fraction of sp³-hybridized carbons (Fsp3) is 0.176. The lowest BCUT2D eigenvalue weighted by molar-refractivity contribution is -0.113. The van der Waals surface area contributed by atoms with Crippen molar-refractivity contribution in [3.63, 3.8) is 0 Å². The van der Waals surface area contributed by atoms with E-state index in [1.165, 1.54) is 11.8 Å². The Morgan fingerprint density at radius 1 is 1.24 bits per heavy atom. The molecule has 0 aliphatic carbocycles. The minimum Gasteiger partial charge on any atom is -0.497 e. The van der Waals surface area contributed by atoms with Gasteiger partial charge in [0.1, 0.15) is 11.4 Å². The maximum atomic E-state index is 12.1. The van der Waals surface area contributed by atoms with Crippen molar-refractivity contribution in [2.24, 2.45) is 7.05 Å². The van der Waals surface area contributed by atoms with Gasteiger partial charge in [-0.05, 0) is 24.3 Å². The smallest absolute Gasteiger partial charge is 0.234 e. The lowest BCUT2D eigenvalue weighted by Gasteiger charge is -2.07. The maximum Gasteiger partial charge on any atom is 0.234 e. The van der Waals surface area contributed by atoms with Gasteiger partial charge >= 0.3 is 0 Å². The number of hydrogen-bond donors (Lipinski definition) is 1. The number of anilines is 1. The average Bonchev–Trinajstić information content (AvgIpc) is 3.01. The molecule has 7 nitrogen and oxygen atoms in total. The molecule has 3 aromatic rings. The molecule has 0 atom stereocenters. The molecule has 3 rings (SSSR count). The molecule has 0 unspecified atom stereocenters. The first-order chi connectivity index (χ1) is 12.2. The van der Waals surface area contributed by atoms with Crippen molar-refractivity contribution in [1.82, 2.24) is 19.7 Å². The highest BCUT2D eigenvalue weighted by molar-refractivity contribution is 7.99. The predicted octanol–water partition coefficient (Wildman–Crippen LogP) is 2.62. The molecule has 0 saturated carbocycles. The van der Waals surface area contributed by atoms with E-state index in [4.69, 9.17) is 4.74 Å². The highest BCUT2D eigenvalue weighted by atomic mass is 32.2. The minimum atomic E-state index is -0.124. The van der Waals surface area contributed by atoms with Crippen molar-refractivity contribution in [1.29, 1.82) is 0 Å². The van der Waals surface area contributed by atoms with Gasteiger partial charge < -0.3 is 14.6 Å². The van der Waals surface area contributed by atoms with Gasteiger partial charge in [0.25, 0.3) is 0 Å². The number of ether oxygens (including phenoxy) is 1. The number of nitrogens with zero attached hydrogens (tertiary/aromatic N) is 4. The molecule has 2 heterocycles. The largest absolute Gasteiger partial charge is 0.497 e. The Kier molecular flexibility index (Phi) is 5.30. The predicted molar refractivity (Wildman–Crippen MR) is 96.6 cm³/mol. The standard InChI is InChI=1S/C17H17N5O2S/c1-22-16(14-8-3-4-9-18-14)20-21-17(22)25-11-15(23)19-12-6-5-7-13(10-12)24-2/h3-10H,11H2,1-2H3,(H,19,23). The number of rotatable bonds is 6. The van der Waals surface area contributed by atoms with Gasteiger partial charge in [0, 0.05) is 25.0 Å². The van der Waals surface area contributed by atoms with Gasteiger partial charge in [-0.1, -0.05) is 23.9 Å². The molecule has 0 spiro atoms. The molecule has 8 heteroatoms. The summed E-state index contributed by atoms with van der Waals surface area (Å²) in [4.78, 5) is 16.4. The summed E-state index contributed by atoms with van der Waals surface area (Å²) in [5.74, 6) is 1.46. The van der Waals surface area contributed by atoms with Crippen molar-refractivity contribution in [3.8, 4) is 17.3 Å². The number of amides is 1. The molecule has 2 aromatic heterocycles. The van der Waals surface area contributed by atoms with Crippen LogP contribution in [0.5, 0.6) is 5.75 Å². The first-order valence-electron chi connectivity index (χ1n) is 7.55. The molecule has 128 valence electrons. The Morgan fingerprint density at radius 3 is 2.88 bits per heavy atom. The van der Waals surface area contributed by atoms with E-state index in [0.717, 1.165) is 5.69 Å². The van der Waals surface area contributed by atoms with Gasteiger partial charge in [0.2, 0.25) is 5.91 Å². The maximum absolute atomic E-state index is 12.1. The van der Waals surface area contributed by atoms with Crippen molar-refractivity contribution < 1.29 is 9.53 Å². The number of nitrogens with one attached hydrogen (secondary N) is 1. The Bertz CT molecular complexity index is 866. The summed E-state index contributed by atoms with van der Waals surface area (Å²) in [5.41, 5.74) is 1.43. The Hall–Kier alpha value is -2.87. The number of carbonyl (C=O) groups is 1. The van der Waals surface area contributed by atoms with Gasteiger partial charge in [-0.2, -0.15) is 0 Å². The lowest BCUT2D eigenvalue weighted by Crippen LogP contribution is -2.14. The summed E-state index contributed by atoms with van der Waals surface area (Å²) in [6.45, 7) is 0. The van der Waals surface area contributed by atoms with Gasteiger partial charge in [-0.3, -0.25) is 9.78 Å². The summed E-state index contributed by atoms with van der Waals surface area (Å²) in [6.07, 6.45) is 1.71. The second-order valence-electron chi connectivity index (χ2n) is 5.15. The number of hydrogen-bond acceptors (Lipinski definition) is 6. The quantitative estimate of drug-likeness (QED) is 0.685. The molecule has 0 aliphatic heterocycles. The van der Waals surface area contributed by atoms with Crippen LogP contribution >= 0.6 is 11.8 Å². The molecular formula is C17H17N5O2S. The van der Waals surface area contributed by atoms with Crippen molar-refractivity contribution >= 4 is 23.4 Å². The summed E-state index contributed by atoms with van der Waals surface area (Å²) in [5, 5.41) is 11.8. The van der Waals surface area contributed by atoms with Crippen LogP contribution in [0.15, 0.2) is 53.8 Å². The van der Waals surface area contributed by atoms with Crippen LogP contribution in [0.2, 0.25) is 0 Å². The number of aromatic nitrogens is 4. The third-order valence-corrected chi connectivity index (χ3v) is 4.43. The van der Waals surface area contributed by atoms with Gasteiger partial charge in [-0.25, -0.2) is 0 Å². The van der Waals surface area contributed by atoms with E-state index in [2.05, 4.69) is 20.5 Å². The number of carbonyl (C=O) groups excluding carboxylic acids is 1. The van der Waals surface area contributed by atoms with E-state index in [-0.39, 0.29) is 11.7 Å². The molecule has 0 radical (unpaired) electrons. The van der Waals surface area contributed by atoms with E-state index < -0.39 is 0 Å². The summed E-state index contributed by atoms with van der Waals surface area (Å²) in [6, 6.07) is 12.8. The normalized spacial score (nSPS) is 10.5. The van der Waals surface area contributed by atoms with Crippen LogP contribution in [0, 0.1) is 0 Å². The van der Waals surface area contributed by atoms with E-state index in [1.807, 2.05) is 48.0 Å². The van der Waals surface area contributed by atoms with Crippen LogP contribution in [-0.2, 0) is 11.8 Å². The summed E-state index contributed by atoms with van der Waals surface area (Å²) in [7, 11) is 3.44. The summed E-state index contributed by atoms with van der Waals surface area (Å²) < 4.78 is 6.97. The zero-order valence-electron chi connectivity index (χ0n) is 13.8. The molecule has 25 heavy (non-hydrogen) atoms. The Labute approximate surface area is 149 Å². The second-order valence-corrected chi connectivity index (χ2v) is 6.09. The van der Waals surface area contributed by atoms with Crippen molar-refractivity contribution in [3.05, 3.63) is 48.7 Å². The molecule has 1 N–H and O–H groups in total. The zero-order valence-corrected chi connectivity index (χ0v) is 14.7. The molecule has 0 fully saturated rings. The van der Waals surface area contributed by atoms with Crippen molar-refractivity contribution in [2.75, 3.05) is 18.2 Å². The van der Waals surface area contributed by atoms with Crippen LogP contribution in [0.25, 0.3) is 11.5 Å². The van der Waals surface area contributed by atoms with Crippen molar-refractivity contribution in [2.45, 2.75) is 5.16 Å². The highest BCUT2D eigenvalue weighted by Gasteiger charge is 2.13. The fourth-order valence-corrected chi connectivity index (χ4v) is 2.90. The SMILES string of the molecule is COc1cccc(NC(=O)CSc2nnc(-c3ccccn3)n2C)c1. The first kappa shape index (κ1) is 17.0. The van der Waals surface area contributed by atoms with E-state index in [0.29, 0.717) is 22.4 Å². The third-order valence-electron chi connectivity index (χ3n) is 3.41. The minimum absolute atomic E-state index is 0.124. The number of thioether (sulfide) groups is 1. The lowest BCUT2D eigenvalue weighted by atomic mass is 10.3. The third kappa shape index (κ3) is 4.16. The molecule has 1 aromatic carbocycles. The van der Waals surface area contributed by atoms with Crippen LogP contribution in [-0.4, -0.2) is 38.5 Å². The van der Waals surface area contributed by atoms with E-state index in [9.17, 15) is 4.79 Å². The molecule has 0 bridgehead atoms. The molecule has 0 aliphatic rings. The number of benzene rings is 1. The van der Waals surface area contributed by atoms with Gasteiger partial charge in [0.05, 0.1) is 12.9 Å². The van der Waals surface area contributed by atoms with Crippen LogP contribution in [0.3, 0.4) is 0 Å². The first-order valence-corrected chi connectivity index (χ1v) is 8.53. The van der Waals surface area contributed by atoms with Crippen LogP contribution in [0.4, 0.5) is 5.69 Å². The molecule has 1 amide bonds.